The van der Waals surface area contributed by atoms with Gasteiger partial charge >= 0.3 is 0 Å². The maximum Gasteiger partial charge on any atom is 0.191 e. The number of hydrogen-bond donors (Lipinski definition) is 2. The Bertz CT molecular complexity index is 735. The van der Waals surface area contributed by atoms with Crippen LogP contribution in [0.2, 0.25) is 0 Å². The van der Waals surface area contributed by atoms with E-state index < -0.39 is 0 Å². The van der Waals surface area contributed by atoms with E-state index in [9.17, 15) is 0 Å². The minimum atomic E-state index is 0.511. The Morgan fingerprint density at radius 1 is 0.963 bits per heavy atom. The van der Waals surface area contributed by atoms with Crippen molar-refractivity contribution in [1.82, 2.24) is 15.5 Å². The second-order valence-corrected chi connectivity index (χ2v) is 7.76. The van der Waals surface area contributed by atoms with Crippen molar-refractivity contribution in [3.05, 3.63) is 71.8 Å². The number of benzene rings is 2. The van der Waals surface area contributed by atoms with Crippen molar-refractivity contribution >= 4 is 5.96 Å². The third kappa shape index (κ3) is 4.89. The molecule has 1 aliphatic carbocycles. The van der Waals surface area contributed by atoms with Crippen LogP contribution in [0.5, 0.6) is 0 Å². The van der Waals surface area contributed by atoms with Gasteiger partial charge in [0, 0.05) is 44.7 Å². The molecule has 2 atom stereocenters. The highest BCUT2D eigenvalue weighted by molar-refractivity contribution is 5.80. The van der Waals surface area contributed by atoms with Gasteiger partial charge in [-0.25, -0.2) is 0 Å². The van der Waals surface area contributed by atoms with Crippen LogP contribution in [0.15, 0.2) is 65.7 Å². The molecule has 1 saturated carbocycles. The average Bonchev–Trinajstić information content (AvgIpc) is 3.49. The highest BCUT2D eigenvalue weighted by Gasteiger charge is 2.39. The molecule has 27 heavy (non-hydrogen) atoms. The summed E-state index contributed by atoms with van der Waals surface area (Å²) in [6, 6.07) is 22.6. The number of piperidine rings is 1. The Hall–Kier alpha value is -2.33. The van der Waals surface area contributed by atoms with E-state index in [1.165, 1.54) is 30.4 Å². The third-order valence-corrected chi connectivity index (χ3v) is 5.74. The van der Waals surface area contributed by atoms with Gasteiger partial charge in [-0.2, -0.15) is 0 Å². The zero-order chi connectivity index (χ0) is 18.5. The molecule has 2 aromatic rings. The van der Waals surface area contributed by atoms with E-state index in [0.717, 1.165) is 25.6 Å². The van der Waals surface area contributed by atoms with Crippen molar-refractivity contribution < 1.29 is 0 Å². The molecule has 4 rings (SSSR count). The van der Waals surface area contributed by atoms with Crippen molar-refractivity contribution in [3.8, 4) is 0 Å². The van der Waals surface area contributed by atoms with Gasteiger partial charge in [0.2, 0.25) is 0 Å². The largest absolute Gasteiger partial charge is 0.354 e. The maximum absolute atomic E-state index is 4.46. The van der Waals surface area contributed by atoms with Gasteiger partial charge in [0.25, 0.3) is 0 Å². The van der Waals surface area contributed by atoms with Crippen LogP contribution < -0.4 is 10.6 Å². The molecule has 0 radical (unpaired) electrons. The normalized spacial score (nSPS) is 23.8. The molecule has 2 aromatic carbocycles. The Balaban J connectivity index is 1.21. The Morgan fingerprint density at radius 3 is 2.30 bits per heavy atom. The number of aliphatic imine (C=N–C) groups is 1. The Labute approximate surface area is 162 Å². The summed E-state index contributed by atoms with van der Waals surface area (Å²) >= 11 is 0. The lowest BCUT2D eigenvalue weighted by Crippen LogP contribution is -2.49. The smallest absolute Gasteiger partial charge is 0.191 e. The number of rotatable bonds is 5. The molecular formula is C23H30N4. The van der Waals surface area contributed by atoms with Crippen LogP contribution in [0.3, 0.4) is 0 Å². The van der Waals surface area contributed by atoms with E-state index in [1.807, 2.05) is 7.05 Å². The Morgan fingerprint density at radius 2 is 1.63 bits per heavy atom. The number of nitrogens with one attached hydrogen (secondary N) is 2. The first-order chi connectivity index (χ1) is 13.3. The summed E-state index contributed by atoms with van der Waals surface area (Å²) in [5.74, 6) is 1.58. The third-order valence-electron chi connectivity index (χ3n) is 5.74. The van der Waals surface area contributed by atoms with E-state index in [2.05, 4.69) is 81.2 Å². The lowest BCUT2D eigenvalue weighted by atomic mass is 10.0. The van der Waals surface area contributed by atoms with Crippen LogP contribution in [-0.4, -0.2) is 43.1 Å². The molecule has 1 saturated heterocycles. The number of nitrogens with zero attached hydrogens (tertiary/aromatic N) is 2. The van der Waals surface area contributed by atoms with E-state index >= 15 is 0 Å². The van der Waals surface area contributed by atoms with Crippen LogP contribution in [0.4, 0.5) is 0 Å². The molecule has 0 spiro atoms. The van der Waals surface area contributed by atoms with Crippen LogP contribution >= 0.6 is 0 Å². The van der Waals surface area contributed by atoms with E-state index in [4.69, 9.17) is 0 Å². The second kappa shape index (κ2) is 8.57. The number of hydrogen-bond acceptors (Lipinski definition) is 2. The fourth-order valence-electron chi connectivity index (χ4n) is 4.04. The van der Waals surface area contributed by atoms with Crippen LogP contribution in [0.1, 0.15) is 36.3 Å². The van der Waals surface area contributed by atoms with Gasteiger partial charge in [0.05, 0.1) is 0 Å². The minimum Gasteiger partial charge on any atom is -0.354 e. The molecule has 1 heterocycles. The van der Waals surface area contributed by atoms with Crippen LogP contribution in [0.25, 0.3) is 0 Å². The predicted molar refractivity (Wildman–Crippen MR) is 112 cm³/mol. The highest BCUT2D eigenvalue weighted by Crippen LogP contribution is 2.40. The van der Waals surface area contributed by atoms with Gasteiger partial charge in [-0.1, -0.05) is 60.7 Å². The molecular weight excluding hydrogens is 332 g/mol. The molecule has 142 valence electrons. The average molecular weight is 363 g/mol. The van der Waals surface area contributed by atoms with Gasteiger partial charge in [-0.05, 0) is 30.4 Å². The predicted octanol–water partition coefficient (Wildman–Crippen LogP) is 3.37. The molecule has 4 nitrogen and oxygen atoms in total. The highest BCUT2D eigenvalue weighted by atomic mass is 15.2. The molecule has 0 bridgehead atoms. The molecule has 2 aliphatic rings. The quantitative estimate of drug-likeness (QED) is 0.633. The molecule has 2 N–H and O–H groups in total. The van der Waals surface area contributed by atoms with Gasteiger partial charge < -0.3 is 10.6 Å². The lowest BCUT2D eigenvalue weighted by Gasteiger charge is -2.33. The van der Waals surface area contributed by atoms with Crippen LogP contribution in [-0.2, 0) is 6.54 Å². The van der Waals surface area contributed by atoms with E-state index in [0.29, 0.717) is 18.0 Å². The summed E-state index contributed by atoms with van der Waals surface area (Å²) in [5.41, 5.74) is 2.83. The molecule has 1 aliphatic heterocycles. The van der Waals surface area contributed by atoms with Gasteiger partial charge in [-0.15, -0.1) is 0 Å². The monoisotopic (exact) mass is 362 g/mol. The first-order valence-electron chi connectivity index (χ1n) is 10.1. The van der Waals surface area contributed by atoms with Crippen molar-refractivity contribution in [2.24, 2.45) is 4.99 Å². The first-order valence-corrected chi connectivity index (χ1v) is 10.1. The van der Waals surface area contributed by atoms with Crippen LogP contribution in [0, 0.1) is 0 Å². The fourth-order valence-corrected chi connectivity index (χ4v) is 4.04. The number of likely N-dealkylation sites (tertiary alicyclic amines) is 1. The van der Waals surface area contributed by atoms with Crippen molar-refractivity contribution in [2.45, 2.75) is 43.8 Å². The summed E-state index contributed by atoms with van der Waals surface area (Å²) in [5, 5.41) is 7.26. The Kier molecular flexibility index (Phi) is 5.73. The standard InChI is InChI=1S/C23H30N4/c1-24-23(26-22-16-21(22)19-10-6-3-7-11-19)25-20-12-14-27(15-13-20)17-18-8-4-2-5-9-18/h2-11,20-22H,12-17H2,1H3,(H2,24,25,26). The zero-order valence-electron chi connectivity index (χ0n) is 16.1. The van der Waals surface area contributed by atoms with Gasteiger partial charge in [0.1, 0.15) is 0 Å². The van der Waals surface area contributed by atoms with Gasteiger partial charge in [0.15, 0.2) is 5.96 Å². The topological polar surface area (TPSA) is 39.7 Å². The number of guanidine groups is 1. The maximum atomic E-state index is 4.46. The van der Waals surface area contributed by atoms with E-state index in [-0.39, 0.29) is 0 Å². The zero-order valence-corrected chi connectivity index (χ0v) is 16.1. The van der Waals surface area contributed by atoms with Crippen molar-refractivity contribution in [3.63, 3.8) is 0 Å². The summed E-state index contributed by atoms with van der Waals surface area (Å²) in [6.45, 7) is 3.33. The first kappa shape index (κ1) is 18.1. The fraction of sp³-hybridized carbons (Fsp3) is 0.435. The molecule has 0 amide bonds. The van der Waals surface area contributed by atoms with E-state index in [1.54, 1.807) is 0 Å². The molecule has 0 aromatic heterocycles. The lowest BCUT2D eigenvalue weighted by molar-refractivity contribution is 0.198. The summed E-state index contributed by atoms with van der Waals surface area (Å²) in [7, 11) is 1.87. The molecule has 4 heteroatoms. The molecule has 2 fully saturated rings. The summed E-state index contributed by atoms with van der Waals surface area (Å²) in [6.07, 6.45) is 3.53. The molecule has 2 unspecified atom stereocenters. The van der Waals surface area contributed by atoms with Gasteiger partial charge in [-0.3, -0.25) is 9.89 Å². The summed E-state index contributed by atoms with van der Waals surface area (Å²) in [4.78, 5) is 7.01. The SMILES string of the molecule is CN=C(NC1CCN(Cc2ccccc2)CC1)NC1CC1c1ccccc1. The second-order valence-electron chi connectivity index (χ2n) is 7.76. The van der Waals surface area contributed by atoms with Crippen molar-refractivity contribution in [2.75, 3.05) is 20.1 Å². The summed E-state index contributed by atoms with van der Waals surface area (Å²) < 4.78 is 0. The minimum absolute atomic E-state index is 0.511. The van der Waals surface area contributed by atoms with Crippen molar-refractivity contribution in [1.29, 1.82) is 0 Å².